The first-order chi connectivity index (χ1) is 9.19. The molecule has 106 valence electrons. The number of hydrogen-bond acceptors (Lipinski definition) is 4. The van der Waals surface area contributed by atoms with Crippen molar-refractivity contribution in [3.63, 3.8) is 0 Å². The zero-order valence-corrected chi connectivity index (χ0v) is 11.9. The number of aromatic nitrogens is 3. The Morgan fingerprint density at radius 3 is 2.79 bits per heavy atom. The normalized spacial score (nSPS) is 28.0. The average Bonchev–Trinajstić information content (AvgIpc) is 3.03. The maximum Gasteiger partial charge on any atom is 0.137 e. The van der Waals surface area contributed by atoms with Gasteiger partial charge < -0.3 is 14.6 Å². The van der Waals surface area contributed by atoms with Gasteiger partial charge in [0.25, 0.3) is 0 Å². The molecule has 0 saturated carbocycles. The lowest BCUT2D eigenvalue weighted by atomic mass is 9.99. The third kappa shape index (κ3) is 2.41. The lowest BCUT2D eigenvalue weighted by molar-refractivity contribution is 0.188. The molecule has 1 aromatic heterocycles. The van der Waals surface area contributed by atoms with Gasteiger partial charge in [0.05, 0.1) is 0 Å². The predicted octanol–water partition coefficient (Wildman–Crippen LogP) is 1.03. The van der Waals surface area contributed by atoms with Gasteiger partial charge in [0, 0.05) is 44.0 Å². The third-order valence-electron chi connectivity index (χ3n) is 4.65. The van der Waals surface area contributed by atoms with Crippen molar-refractivity contribution in [3.05, 3.63) is 11.6 Å². The van der Waals surface area contributed by atoms with Crippen LogP contribution in [0.1, 0.15) is 44.3 Å². The van der Waals surface area contributed by atoms with Gasteiger partial charge in [0.1, 0.15) is 11.6 Å². The molecule has 19 heavy (non-hydrogen) atoms. The Morgan fingerprint density at radius 1 is 1.26 bits per heavy atom. The van der Waals surface area contributed by atoms with Crippen LogP contribution in [-0.2, 0) is 13.0 Å². The SMILES string of the molecule is CC(C)N1CCC(c2nnc3n2CC(CO)CC3)C1. The second-order valence-electron chi connectivity index (χ2n) is 6.25. The molecule has 2 aliphatic heterocycles. The molecule has 0 aromatic carbocycles. The molecule has 0 radical (unpaired) electrons. The van der Waals surface area contributed by atoms with Gasteiger partial charge in [-0.25, -0.2) is 0 Å². The molecule has 5 heteroatoms. The number of aryl methyl sites for hydroxylation is 1. The van der Waals surface area contributed by atoms with Gasteiger partial charge in [-0.05, 0) is 33.2 Å². The Kier molecular flexibility index (Phi) is 3.58. The molecular formula is C14H24N4O. The number of fused-ring (bicyclic) bond motifs is 1. The van der Waals surface area contributed by atoms with Crippen LogP contribution in [0.25, 0.3) is 0 Å². The quantitative estimate of drug-likeness (QED) is 0.886. The topological polar surface area (TPSA) is 54.2 Å². The van der Waals surface area contributed by atoms with E-state index in [9.17, 15) is 5.11 Å². The second-order valence-corrected chi connectivity index (χ2v) is 6.25. The van der Waals surface area contributed by atoms with Gasteiger partial charge in [-0.1, -0.05) is 0 Å². The minimum absolute atomic E-state index is 0.278. The summed E-state index contributed by atoms with van der Waals surface area (Å²) in [5, 5.41) is 18.2. The lowest BCUT2D eigenvalue weighted by Gasteiger charge is -2.24. The monoisotopic (exact) mass is 264 g/mol. The predicted molar refractivity (Wildman–Crippen MR) is 73.0 cm³/mol. The van der Waals surface area contributed by atoms with E-state index >= 15 is 0 Å². The molecule has 1 saturated heterocycles. The van der Waals surface area contributed by atoms with E-state index in [-0.39, 0.29) is 6.61 Å². The van der Waals surface area contributed by atoms with Crippen molar-refractivity contribution in [1.82, 2.24) is 19.7 Å². The lowest BCUT2D eigenvalue weighted by Crippen LogP contribution is -2.29. The van der Waals surface area contributed by atoms with E-state index in [2.05, 4.69) is 33.5 Å². The average molecular weight is 264 g/mol. The van der Waals surface area contributed by atoms with Crippen LogP contribution in [0.2, 0.25) is 0 Å². The highest BCUT2D eigenvalue weighted by Crippen LogP contribution is 2.30. The third-order valence-corrected chi connectivity index (χ3v) is 4.65. The maximum atomic E-state index is 9.36. The zero-order valence-electron chi connectivity index (χ0n) is 11.9. The van der Waals surface area contributed by atoms with Gasteiger partial charge in [-0.3, -0.25) is 0 Å². The van der Waals surface area contributed by atoms with Crippen LogP contribution in [0.5, 0.6) is 0 Å². The highest BCUT2D eigenvalue weighted by atomic mass is 16.3. The summed E-state index contributed by atoms with van der Waals surface area (Å²) in [6, 6.07) is 0.610. The van der Waals surface area contributed by atoms with Crippen molar-refractivity contribution >= 4 is 0 Å². The second kappa shape index (κ2) is 5.21. The molecule has 2 atom stereocenters. The van der Waals surface area contributed by atoms with E-state index in [0.29, 0.717) is 17.9 Å². The molecule has 3 heterocycles. The summed E-state index contributed by atoms with van der Waals surface area (Å²) >= 11 is 0. The van der Waals surface area contributed by atoms with E-state index < -0.39 is 0 Å². The molecular weight excluding hydrogens is 240 g/mol. The Labute approximate surface area is 114 Å². The first-order valence-corrected chi connectivity index (χ1v) is 7.46. The van der Waals surface area contributed by atoms with Gasteiger partial charge in [-0.2, -0.15) is 0 Å². The highest BCUT2D eigenvalue weighted by molar-refractivity contribution is 5.08. The maximum absolute atomic E-state index is 9.36. The highest BCUT2D eigenvalue weighted by Gasteiger charge is 2.31. The summed E-state index contributed by atoms with van der Waals surface area (Å²) in [4.78, 5) is 2.51. The van der Waals surface area contributed by atoms with Crippen molar-refractivity contribution < 1.29 is 5.11 Å². The van der Waals surface area contributed by atoms with Gasteiger partial charge in [0.15, 0.2) is 0 Å². The molecule has 2 unspecified atom stereocenters. The zero-order chi connectivity index (χ0) is 13.4. The van der Waals surface area contributed by atoms with Crippen molar-refractivity contribution in [2.75, 3.05) is 19.7 Å². The van der Waals surface area contributed by atoms with Crippen molar-refractivity contribution in [2.24, 2.45) is 5.92 Å². The summed E-state index contributed by atoms with van der Waals surface area (Å²) < 4.78 is 2.28. The molecule has 2 aliphatic rings. The van der Waals surface area contributed by atoms with E-state index in [1.165, 1.54) is 6.42 Å². The molecule has 1 aromatic rings. The smallest absolute Gasteiger partial charge is 0.137 e. The Bertz CT molecular complexity index is 443. The van der Waals surface area contributed by atoms with Crippen LogP contribution in [-0.4, -0.2) is 50.5 Å². The number of rotatable bonds is 3. The van der Waals surface area contributed by atoms with Crippen LogP contribution in [0.4, 0.5) is 0 Å². The Balaban J connectivity index is 1.78. The fourth-order valence-electron chi connectivity index (χ4n) is 3.33. The fourth-order valence-corrected chi connectivity index (χ4v) is 3.33. The van der Waals surface area contributed by atoms with E-state index in [4.69, 9.17) is 0 Å². The largest absolute Gasteiger partial charge is 0.396 e. The van der Waals surface area contributed by atoms with Crippen molar-refractivity contribution in [1.29, 1.82) is 0 Å². The molecule has 0 spiro atoms. The van der Waals surface area contributed by atoms with E-state index in [0.717, 1.165) is 44.1 Å². The Morgan fingerprint density at radius 2 is 2.11 bits per heavy atom. The summed E-state index contributed by atoms with van der Waals surface area (Å²) in [5.41, 5.74) is 0. The fraction of sp³-hybridized carbons (Fsp3) is 0.857. The molecule has 0 amide bonds. The van der Waals surface area contributed by atoms with Crippen LogP contribution in [0.3, 0.4) is 0 Å². The van der Waals surface area contributed by atoms with E-state index in [1.54, 1.807) is 0 Å². The molecule has 0 bridgehead atoms. The number of aliphatic hydroxyl groups is 1. The van der Waals surface area contributed by atoms with Gasteiger partial charge in [-0.15, -0.1) is 10.2 Å². The number of aliphatic hydroxyl groups excluding tert-OH is 1. The van der Waals surface area contributed by atoms with Crippen LogP contribution in [0.15, 0.2) is 0 Å². The molecule has 1 N–H and O–H groups in total. The summed E-state index contributed by atoms with van der Waals surface area (Å²) in [7, 11) is 0. The Hall–Kier alpha value is -0.940. The van der Waals surface area contributed by atoms with Crippen LogP contribution < -0.4 is 0 Å². The minimum Gasteiger partial charge on any atom is -0.396 e. The number of nitrogens with zero attached hydrogens (tertiary/aromatic N) is 4. The first kappa shape index (κ1) is 13.1. The van der Waals surface area contributed by atoms with Gasteiger partial charge >= 0.3 is 0 Å². The summed E-state index contributed by atoms with van der Waals surface area (Å²) in [5.74, 6) is 3.16. The standard InChI is InChI=1S/C14H24N4O/c1-10(2)17-6-5-12(8-17)14-16-15-13-4-3-11(9-19)7-18(13)14/h10-12,19H,3-9H2,1-2H3. The number of likely N-dealkylation sites (tertiary alicyclic amines) is 1. The molecule has 3 rings (SSSR count). The minimum atomic E-state index is 0.278. The van der Waals surface area contributed by atoms with Crippen molar-refractivity contribution in [3.8, 4) is 0 Å². The van der Waals surface area contributed by atoms with E-state index in [1.807, 2.05) is 0 Å². The van der Waals surface area contributed by atoms with Crippen LogP contribution >= 0.6 is 0 Å². The molecule has 0 aliphatic carbocycles. The van der Waals surface area contributed by atoms with Crippen LogP contribution in [0, 0.1) is 5.92 Å². The summed E-state index contributed by atoms with van der Waals surface area (Å²) in [6.45, 7) is 7.94. The number of hydrogen-bond donors (Lipinski definition) is 1. The molecule has 1 fully saturated rings. The first-order valence-electron chi connectivity index (χ1n) is 7.46. The van der Waals surface area contributed by atoms with Crippen molar-refractivity contribution in [2.45, 2.75) is 51.6 Å². The summed E-state index contributed by atoms with van der Waals surface area (Å²) in [6.07, 6.45) is 3.18. The van der Waals surface area contributed by atoms with Gasteiger partial charge in [0.2, 0.25) is 0 Å². The molecule has 5 nitrogen and oxygen atoms in total.